The molecule has 1 nitrogen and oxygen atoms in total. The second-order valence-corrected chi connectivity index (χ2v) is 5.10. The SMILES string of the molecule is CNC(Cc1ccc(C)cc1)c1cc(F)ccc1Cl. The van der Waals surface area contributed by atoms with E-state index in [2.05, 4.69) is 36.5 Å². The van der Waals surface area contributed by atoms with Crippen LogP contribution in [0.15, 0.2) is 42.5 Å². The van der Waals surface area contributed by atoms with E-state index >= 15 is 0 Å². The molecule has 0 aliphatic heterocycles. The average Bonchev–Trinajstić information content (AvgIpc) is 2.41. The first-order valence-corrected chi connectivity index (χ1v) is 6.65. The second-order valence-electron chi connectivity index (χ2n) is 4.70. The first-order valence-electron chi connectivity index (χ1n) is 6.28. The Morgan fingerprint density at radius 1 is 1.16 bits per heavy atom. The summed E-state index contributed by atoms with van der Waals surface area (Å²) < 4.78 is 13.3. The molecule has 100 valence electrons. The molecule has 1 N–H and O–H groups in total. The topological polar surface area (TPSA) is 12.0 Å². The van der Waals surface area contributed by atoms with Gasteiger partial charge in [0, 0.05) is 11.1 Å². The average molecular weight is 278 g/mol. The van der Waals surface area contributed by atoms with Gasteiger partial charge in [-0.2, -0.15) is 0 Å². The fourth-order valence-corrected chi connectivity index (χ4v) is 2.36. The van der Waals surface area contributed by atoms with Crippen molar-refractivity contribution < 1.29 is 4.39 Å². The Morgan fingerprint density at radius 3 is 2.47 bits per heavy atom. The molecule has 1 unspecified atom stereocenters. The Bertz CT molecular complexity index is 551. The van der Waals surface area contributed by atoms with Crippen LogP contribution in [0.5, 0.6) is 0 Å². The van der Waals surface area contributed by atoms with Gasteiger partial charge in [0.15, 0.2) is 0 Å². The van der Waals surface area contributed by atoms with Crippen molar-refractivity contribution in [2.45, 2.75) is 19.4 Å². The molecule has 0 heterocycles. The monoisotopic (exact) mass is 277 g/mol. The largest absolute Gasteiger partial charge is 0.313 e. The molecule has 0 aliphatic carbocycles. The van der Waals surface area contributed by atoms with Crippen LogP contribution in [-0.4, -0.2) is 7.05 Å². The highest BCUT2D eigenvalue weighted by Crippen LogP contribution is 2.26. The van der Waals surface area contributed by atoms with Crippen molar-refractivity contribution in [2.24, 2.45) is 0 Å². The van der Waals surface area contributed by atoms with E-state index in [0.717, 1.165) is 12.0 Å². The van der Waals surface area contributed by atoms with Crippen molar-refractivity contribution in [3.63, 3.8) is 0 Å². The van der Waals surface area contributed by atoms with Gasteiger partial charge in [0.05, 0.1) is 0 Å². The standard InChI is InChI=1S/C16H17ClFN/c1-11-3-5-12(6-4-11)9-16(19-2)14-10-13(18)7-8-15(14)17/h3-8,10,16,19H,9H2,1-2H3. The smallest absolute Gasteiger partial charge is 0.123 e. The number of aryl methyl sites for hydroxylation is 1. The Labute approximate surface area is 118 Å². The van der Waals surface area contributed by atoms with Crippen LogP contribution in [0.2, 0.25) is 5.02 Å². The maximum Gasteiger partial charge on any atom is 0.123 e. The molecule has 0 bridgehead atoms. The minimum absolute atomic E-state index is 0.00547. The number of nitrogens with one attached hydrogen (secondary N) is 1. The predicted octanol–water partition coefficient (Wildman–Crippen LogP) is 4.29. The summed E-state index contributed by atoms with van der Waals surface area (Å²) in [6.07, 6.45) is 0.778. The molecule has 0 radical (unpaired) electrons. The molecule has 0 amide bonds. The number of likely N-dealkylation sites (N-methyl/N-ethyl adjacent to an activating group) is 1. The van der Waals surface area contributed by atoms with E-state index in [1.807, 2.05) is 7.05 Å². The molecule has 2 rings (SSSR count). The molecule has 0 aliphatic rings. The van der Waals surface area contributed by atoms with Crippen LogP contribution in [0.4, 0.5) is 4.39 Å². The van der Waals surface area contributed by atoms with Gasteiger partial charge >= 0.3 is 0 Å². The van der Waals surface area contributed by atoms with Crippen LogP contribution >= 0.6 is 11.6 Å². The lowest BCUT2D eigenvalue weighted by molar-refractivity contribution is 0.577. The van der Waals surface area contributed by atoms with Gasteiger partial charge in [-0.3, -0.25) is 0 Å². The minimum Gasteiger partial charge on any atom is -0.313 e. The first kappa shape index (κ1) is 14.0. The zero-order valence-corrected chi connectivity index (χ0v) is 11.8. The van der Waals surface area contributed by atoms with Crippen molar-refractivity contribution in [1.29, 1.82) is 0 Å². The summed E-state index contributed by atoms with van der Waals surface area (Å²) in [5.74, 6) is -0.261. The third-order valence-electron chi connectivity index (χ3n) is 3.24. The summed E-state index contributed by atoms with van der Waals surface area (Å²) in [5.41, 5.74) is 3.23. The molecule has 19 heavy (non-hydrogen) atoms. The van der Waals surface area contributed by atoms with E-state index < -0.39 is 0 Å². The lowest BCUT2D eigenvalue weighted by atomic mass is 9.98. The van der Waals surface area contributed by atoms with Crippen LogP contribution < -0.4 is 5.32 Å². The highest BCUT2D eigenvalue weighted by Gasteiger charge is 2.14. The zero-order chi connectivity index (χ0) is 13.8. The van der Waals surface area contributed by atoms with Gasteiger partial charge in [0.25, 0.3) is 0 Å². The van der Waals surface area contributed by atoms with E-state index in [0.29, 0.717) is 5.02 Å². The van der Waals surface area contributed by atoms with Crippen molar-refractivity contribution in [3.05, 3.63) is 70.0 Å². The molecule has 0 saturated carbocycles. The molecule has 0 spiro atoms. The lowest BCUT2D eigenvalue weighted by Gasteiger charge is -2.18. The van der Waals surface area contributed by atoms with E-state index in [4.69, 9.17) is 11.6 Å². The van der Waals surface area contributed by atoms with E-state index in [1.165, 1.54) is 23.3 Å². The molecular formula is C16H17ClFN. The highest BCUT2D eigenvalue weighted by atomic mass is 35.5. The Morgan fingerprint density at radius 2 is 1.84 bits per heavy atom. The quantitative estimate of drug-likeness (QED) is 0.879. The van der Waals surface area contributed by atoms with Gasteiger partial charge in [-0.1, -0.05) is 41.4 Å². The van der Waals surface area contributed by atoms with Crippen molar-refractivity contribution in [2.75, 3.05) is 7.05 Å². The number of hydrogen-bond donors (Lipinski definition) is 1. The summed E-state index contributed by atoms with van der Waals surface area (Å²) in [6, 6.07) is 12.8. The van der Waals surface area contributed by atoms with Crippen LogP contribution in [0, 0.1) is 12.7 Å². The van der Waals surface area contributed by atoms with Crippen molar-refractivity contribution in [1.82, 2.24) is 5.32 Å². The first-order chi connectivity index (χ1) is 9.10. The lowest BCUT2D eigenvalue weighted by Crippen LogP contribution is -2.19. The molecular weight excluding hydrogens is 261 g/mol. The van der Waals surface area contributed by atoms with Crippen LogP contribution in [0.25, 0.3) is 0 Å². The molecule has 0 aromatic heterocycles. The number of hydrogen-bond acceptors (Lipinski definition) is 1. The molecule has 1 atom stereocenters. The van der Waals surface area contributed by atoms with Gasteiger partial charge in [0.2, 0.25) is 0 Å². The Hall–Kier alpha value is -1.38. The van der Waals surface area contributed by atoms with E-state index in [9.17, 15) is 4.39 Å². The molecule has 0 fully saturated rings. The summed E-state index contributed by atoms with van der Waals surface area (Å²) in [5, 5.41) is 3.79. The third-order valence-corrected chi connectivity index (χ3v) is 3.59. The van der Waals surface area contributed by atoms with Gasteiger partial charge in [-0.15, -0.1) is 0 Å². The molecule has 3 heteroatoms. The van der Waals surface area contributed by atoms with Crippen molar-refractivity contribution in [3.8, 4) is 0 Å². The van der Waals surface area contributed by atoms with Crippen LogP contribution in [0.1, 0.15) is 22.7 Å². The summed E-state index contributed by atoms with van der Waals surface area (Å²) >= 11 is 6.15. The fraction of sp³-hybridized carbons (Fsp3) is 0.250. The Kier molecular flexibility index (Phi) is 4.56. The van der Waals surface area contributed by atoms with Gasteiger partial charge < -0.3 is 5.32 Å². The Balaban J connectivity index is 2.24. The molecule has 2 aromatic rings. The number of rotatable bonds is 4. The second kappa shape index (κ2) is 6.18. The molecule has 2 aromatic carbocycles. The van der Waals surface area contributed by atoms with Crippen molar-refractivity contribution >= 4 is 11.6 Å². The van der Waals surface area contributed by atoms with Gasteiger partial charge in [-0.05, 0) is 49.7 Å². The maximum atomic E-state index is 13.3. The maximum absolute atomic E-state index is 13.3. The number of halogens is 2. The van der Waals surface area contributed by atoms with Crippen LogP contribution in [0.3, 0.4) is 0 Å². The van der Waals surface area contributed by atoms with E-state index in [-0.39, 0.29) is 11.9 Å². The normalized spacial score (nSPS) is 12.4. The zero-order valence-electron chi connectivity index (χ0n) is 11.1. The van der Waals surface area contributed by atoms with E-state index in [1.54, 1.807) is 6.07 Å². The number of benzene rings is 2. The molecule has 0 saturated heterocycles. The highest BCUT2D eigenvalue weighted by molar-refractivity contribution is 6.31. The van der Waals surface area contributed by atoms with Crippen LogP contribution in [-0.2, 0) is 6.42 Å². The summed E-state index contributed by atoms with van der Waals surface area (Å²) in [6.45, 7) is 2.06. The third kappa shape index (κ3) is 3.55. The van der Waals surface area contributed by atoms with Gasteiger partial charge in [0.1, 0.15) is 5.82 Å². The summed E-state index contributed by atoms with van der Waals surface area (Å²) in [4.78, 5) is 0. The van der Waals surface area contributed by atoms with Gasteiger partial charge in [-0.25, -0.2) is 4.39 Å². The predicted molar refractivity (Wildman–Crippen MR) is 78.1 cm³/mol. The fourth-order valence-electron chi connectivity index (χ4n) is 2.11. The summed E-state index contributed by atoms with van der Waals surface area (Å²) in [7, 11) is 1.86. The minimum atomic E-state index is -0.261.